The van der Waals surface area contributed by atoms with Gasteiger partial charge in [-0.3, -0.25) is 0 Å². The maximum Gasteiger partial charge on any atom is 0.119 e. The molecular formula is C14H22O. The Morgan fingerprint density at radius 1 is 1.07 bits per heavy atom. The normalized spacial score (nSPS) is 10.7. The van der Waals surface area contributed by atoms with E-state index in [4.69, 9.17) is 4.74 Å². The molecule has 0 amide bonds. The molecular weight excluding hydrogens is 184 g/mol. The van der Waals surface area contributed by atoms with Crippen molar-refractivity contribution in [2.24, 2.45) is 5.92 Å². The molecule has 1 rings (SSSR count). The first-order chi connectivity index (χ1) is 7.18. The van der Waals surface area contributed by atoms with E-state index >= 15 is 0 Å². The summed E-state index contributed by atoms with van der Waals surface area (Å²) in [5.41, 5.74) is 1.28. The summed E-state index contributed by atoms with van der Waals surface area (Å²) >= 11 is 0. The highest BCUT2D eigenvalue weighted by molar-refractivity contribution is 5.26. The lowest BCUT2D eigenvalue weighted by Crippen LogP contribution is -1.98. The Hall–Kier alpha value is -0.980. The fraction of sp³-hybridized carbons (Fsp3) is 0.571. The van der Waals surface area contributed by atoms with Crippen LogP contribution in [0.25, 0.3) is 0 Å². The molecule has 0 aliphatic rings. The first-order valence-corrected chi connectivity index (χ1v) is 5.88. The van der Waals surface area contributed by atoms with Crippen LogP contribution in [-0.2, 0) is 0 Å². The highest BCUT2D eigenvalue weighted by atomic mass is 16.5. The summed E-state index contributed by atoms with van der Waals surface area (Å²) in [6.45, 7) is 7.46. The van der Waals surface area contributed by atoms with E-state index in [0.29, 0.717) is 0 Å². The molecule has 0 heterocycles. The van der Waals surface area contributed by atoms with Crippen molar-refractivity contribution in [3.8, 4) is 5.75 Å². The van der Waals surface area contributed by atoms with E-state index in [0.717, 1.165) is 24.7 Å². The Morgan fingerprint density at radius 2 is 1.73 bits per heavy atom. The van der Waals surface area contributed by atoms with Gasteiger partial charge in [0.15, 0.2) is 0 Å². The molecule has 1 aromatic rings. The molecule has 0 saturated heterocycles. The summed E-state index contributed by atoms with van der Waals surface area (Å²) in [5.74, 6) is 1.80. The molecule has 1 nitrogen and oxygen atoms in total. The van der Waals surface area contributed by atoms with E-state index in [1.165, 1.54) is 18.4 Å². The van der Waals surface area contributed by atoms with Crippen molar-refractivity contribution in [1.29, 1.82) is 0 Å². The fourth-order valence-electron chi connectivity index (χ4n) is 1.48. The van der Waals surface area contributed by atoms with Crippen LogP contribution in [0.2, 0.25) is 0 Å². The van der Waals surface area contributed by atoms with Crippen molar-refractivity contribution in [2.45, 2.75) is 40.0 Å². The molecule has 15 heavy (non-hydrogen) atoms. The number of ether oxygens (including phenoxy) is 1. The minimum atomic E-state index is 0.810. The smallest absolute Gasteiger partial charge is 0.119 e. The van der Waals surface area contributed by atoms with Gasteiger partial charge < -0.3 is 4.74 Å². The highest BCUT2D eigenvalue weighted by Gasteiger charge is 1.95. The van der Waals surface area contributed by atoms with Gasteiger partial charge in [-0.2, -0.15) is 0 Å². The van der Waals surface area contributed by atoms with E-state index in [-0.39, 0.29) is 0 Å². The third-order valence-corrected chi connectivity index (χ3v) is 2.47. The van der Waals surface area contributed by atoms with Gasteiger partial charge in [0.2, 0.25) is 0 Å². The average molecular weight is 206 g/mol. The van der Waals surface area contributed by atoms with E-state index in [1.807, 2.05) is 12.1 Å². The van der Waals surface area contributed by atoms with E-state index in [1.54, 1.807) is 0 Å². The number of rotatable bonds is 6. The van der Waals surface area contributed by atoms with E-state index < -0.39 is 0 Å². The Bertz CT molecular complexity index is 261. The number of hydrogen-bond donors (Lipinski definition) is 0. The van der Waals surface area contributed by atoms with Crippen LogP contribution >= 0.6 is 0 Å². The predicted octanol–water partition coefficient (Wildman–Crippen LogP) is 4.20. The molecule has 0 spiro atoms. The minimum absolute atomic E-state index is 0.810. The summed E-state index contributed by atoms with van der Waals surface area (Å²) in [5, 5.41) is 0. The minimum Gasteiger partial charge on any atom is -0.494 e. The van der Waals surface area contributed by atoms with Crippen molar-refractivity contribution < 1.29 is 4.74 Å². The van der Waals surface area contributed by atoms with Gasteiger partial charge in [0.05, 0.1) is 6.61 Å². The summed E-state index contributed by atoms with van der Waals surface area (Å²) in [6.07, 6.45) is 3.73. The lowest BCUT2D eigenvalue weighted by molar-refractivity contribution is 0.301. The van der Waals surface area contributed by atoms with Crippen molar-refractivity contribution in [2.75, 3.05) is 6.61 Å². The Labute approximate surface area is 93.5 Å². The monoisotopic (exact) mass is 206 g/mol. The number of unbranched alkanes of at least 4 members (excludes halogenated alkanes) is 1. The Balaban J connectivity index is 2.12. The Kier molecular flexibility index (Phi) is 5.23. The number of aryl methyl sites for hydroxylation is 1. The second kappa shape index (κ2) is 6.49. The van der Waals surface area contributed by atoms with Gasteiger partial charge in [-0.25, -0.2) is 0 Å². The second-order valence-corrected chi connectivity index (χ2v) is 4.55. The van der Waals surface area contributed by atoms with Crippen LogP contribution in [0.4, 0.5) is 0 Å². The molecule has 0 radical (unpaired) electrons. The van der Waals surface area contributed by atoms with E-state index in [2.05, 4.69) is 32.9 Å². The van der Waals surface area contributed by atoms with Crippen molar-refractivity contribution in [1.82, 2.24) is 0 Å². The van der Waals surface area contributed by atoms with Crippen LogP contribution < -0.4 is 4.74 Å². The zero-order chi connectivity index (χ0) is 11.1. The summed E-state index contributed by atoms with van der Waals surface area (Å²) in [6, 6.07) is 8.25. The van der Waals surface area contributed by atoms with Gasteiger partial charge >= 0.3 is 0 Å². The Morgan fingerprint density at radius 3 is 2.33 bits per heavy atom. The molecule has 1 aromatic carbocycles. The lowest BCUT2D eigenvalue weighted by atomic mass is 10.1. The van der Waals surface area contributed by atoms with Crippen LogP contribution in [0, 0.1) is 12.8 Å². The molecule has 0 unspecified atom stereocenters. The standard InChI is InChI=1S/C14H22O/c1-12(2)6-4-5-11-15-14-9-7-13(3)8-10-14/h7-10,12H,4-6,11H2,1-3H3. The van der Waals surface area contributed by atoms with Gasteiger partial charge in [-0.05, 0) is 37.8 Å². The molecule has 0 bridgehead atoms. The van der Waals surface area contributed by atoms with Crippen LogP contribution in [-0.4, -0.2) is 6.61 Å². The summed E-state index contributed by atoms with van der Waals surface area (Å²) in [7, 11) is 0. The third kappa shape index (κ3) is 5.46. The van der Waals surface area contributed by atoms with Gasteiger partial charge in [-0.1, -0.05) is 38.0 Å². The molecule has 1 heteroatoms. The van der Waals surface area contributed by atoms with Gasteiger partial charge in [0, 0.05) is 0 Å². The van der Waals surface area contributed by atoms with Crippen LogP contribution in [0.5, 0.6) is 5.75 Å². The fourth-order valence-corrected chi connectivity index (χ4v) is 1.48. The van der Waals surface area contributed by atoms with Crippen LogP contribution in [0.1, 0.15) is 38.7 Å². The largest absolute Gasteiger partial charge is 0.494 e. The average Bonchev–Trinajstić information content (AvgIpc) is 2.20. The topological polar surface area (TPSA) is 9.23 Å². The van der Waals surface area contributed by atoms with Crippen molar-refractivity contribution in [3.05, 3.63) is 29.8 Å². The molecule has 0 saturated carbocycles. The number of benzene rings is 1. The zero-order valence-electron chi connectivity index (χ0n) is 10.1. The predicted molar refractivity (Wildman–Crippen MR) is 65.4 cm³/mol. The molecule has 0 aliphatic heterocycles. The van der Waals surface area contributed by atoms with Crippen LogP contribution in [0.3, 0.4) is 0 Å². The van der Waals surface area contributed by atoms with Gasteiger partial charge in [-0.15, -0.1) is 0 Å². The van der Waals surface area contributed by atoms with Crippen molar-refractivity contribution in [3.63, 3.8) is 0 Å². The second-order valence-electron chi connectivity index (χ2n) is 4.55. The van der Waals surface area contributed by atoms with Crippen molar-refractivity contribution >= 4 is 0 Å². The SMILES string of the molecule is Cc1ccc(OCCCCC(C)C)cc1. The summed E-state index contributed by atoms with van der Waals surface area (Å²) in [4.78, 5) is 0. The first-order valence-electron chi connectivity index (χ1n) is 5.88. The van der Waals surface area contributed by atoms with E-state index in [9.17, 15) is 0 Å². The molecule has 0 aliphatic carbocycles. The lowest BCUT2D eigenvalue weighted by Gasteiger charge is -2.07. The molecule has 0 N–H and O–H groups in total. The maximum absolute atomic E-state index is 5.64. The molecule has 0 fully saturated rings. The molecule has 84 valence electrons. The third-order valence-electron chi connectivity index (χ3n) is 2.47. The molecule has 0 aromatic heterocycles. The number of hydrogen-bond acceptors (Lipinski definition) is 1. The van der Waals surface area contributed by atoms with Crippen LogP contribution in [0.15, 0.2) is 24.3 Å². The van der Waals surface area contributed by atoms with Gasteiger partial charge in [0.1, 0.15) is 5.75 Å². The van der Waals surface area contributed by atoms with Gasteiger partial charge in [0.25, 0.3) is 0 Å². The highest BCUT2D eigenvalue weighted by Crippen LogP contribution is 2.12. The molecule has 0 atom stereocenters. The first kappa shape index (κ1) is 12.1. The summed E-state index contributed by atoms with van der Waals surface area (Å²) < 4.78 is 5.64. The maximum atomic E-state index is 5.64. The quantitative estimate of drug-likeness (QED) is 0.634. The zero-order valence-corrected chi connectivity index (χ0v) is 10.1.